The van der Waals surface area contributed by atoms with Crippen molar-refractivity contribution in [3.8, 4) is 0 Å². The average molecular weight is 317 g/mol. The fourth-order valence-corrected chi connectivity index (χ4v) is 2.49. The monoisotopic (exact) mass is 316 g/mol. The van der Waals surface area contributed by atoms with Crippen LogP contribution in [0.2, 0.25) is 0 Å². The minimum atomic E-state index is -0.351. The van der Waals surface area contributed by atoms with Crippen molar-refractivity contribution in [1.29, 1.82) is 0 Å². The smallest absolute Gasteiger partial charge is 0.235 e. The van der Waals surface area contributed by atoms with Gasteiger partial charge in [-0.25, -0.2) is 0 Å². The van der Waals surface area contributed by atoms with Crippen LogP contribution >= 0.6 is 15.9 Å². The first-order valence-corrected chi connectivity index (χ1v) is 6.97. The molecule has 0 bridgehead atoms. The van der Waals surface area contributed by atoms with E-state index in [2.05, 4.69) is 26.2 Å². The second-order valence-corrected chi connectivity index (χ2v) is 5.70. The lowest BCUT2D eigenvalue weighted by atomic mass is 9.95. The van der Waals surface area contributed by atoms with Gasteiger partial charge in [-0.2, -0.15) is 0 Å². The van der Waals surface area contributed by atoms with E-state index in [9.17, 15) is 4.79 Å². The van der Waals surface area contributed by atoms with Gasteiger partial charge in [0.25, 0.3) is 0 Å². The quantitative estimate of drug-likeness (QED) is 0.941. The molecular formula is C15H13BrN2O. The molecule has 1 N–H and O–H groups in total. The minimum absolute atomic E-state index is 0.0582. The number of hydrogen-bond donors (Lipinski definition) is 1. The van der Waals surface area contributed by atoms with E-state index in [-0.39, 0.29) is 11.3 Å². The largest absolute Gasteiger partial charge is 0.324 e. The van der Waals surface area contributed by atoms with E-state index in [1.165, 1.54) is 0 Å². The molecule has 3 rings (SSSR count). The molecule has 96 valence electrons. The number of rotatable bonds is 3. The van der Waals surface area contributed by atoms with Gasteiger partial charge in [0.05, 0.1) is 17.3 Å². The summed E-state index contributed by atoms with van der Waals surface area (Å²) in [4.78, 5) is 16.4. The summed E-state index contributed by atoms with van der Waals surface area (Å²) < 4.78 is 1.03. The Hall–Kier alpha value is -1.68. The number of halogens is 1. The molecule has 19 heavy (non-hydrogen) atoms. The van der Waals surface area contributed by atoms with E-state index in [1.807, 2.05) is 36.4 Å². The number of amides is 1. The van der Waals surface area contributed by atoms with Gasteiger partial charge in [-0.1, -0.05) is 28.1 Å². The van der Waals surface area contributed by atoms with Gasteiger partial charge in [0.1, 0.15) is 0 Å². The summed E-state index contributed by atoms with van der Waals surface area (Å²) >= 11 is 3.41. The summed E-state index contributed by atoms with van der Waals surface area (Å²) in [5.41, 5.74) is 1.48. The molecule has 1 aromatic heterocycles. The SMILES string of the molecule is O=C(Nc1cccnc1)C1(c2ccc(Br)cc2)CC1. The molecule has 1 aliphatic rings. The highest BCUT2D eigenvalue weighted by atomic mass is 79.9. The summed E-state index contributed by atoms with van der Waals surface area (Å²) in [6.45, 7) is 0. The Labute approximate surface area is 120 Å². The zero-order valence-corrected chi connectivity index (χ0v) is 11.9. The maximum absolute atomic E-state index is 12.4. The third-order valence-corrected chi connectivity index (χ3v) is 4.03. The first-order chi connectivity index (χ1) is 9.21. The van der Waals surface area contributed by atoms with Crippen LogP contribution in [0.4, 0.5) is 5.69 Å². The molecule has 1 heterocycles. The molecule has 0 spiro atoms. The predicted octanol–water partition coefficient (Wildman–Crippen LogP) is 3.51. The fraction of sp³-hybridized carbons (Fsp3) is 0.200. The Kier molecular flexibility index (Phi) is 3.11. The van der Waals surface area contributed by atoms with Crippen molar-refractivity contribution >= 4 is 27.5 Å². The van der Waals surface area contributed by atoms with Gasteiger partial charge in [0, 0.05) is 10.7 Å². The zero-order valence-electron chi connectivity index (χ0n) is 10.3. The maximum Gasteiger partial charge on any atom is 0.235 e. The van der Waals surface area contributed by atoms with Crippen LogP contribution in [0, 0.1) is 0 Å². The van der Waals surface area contributed by atoms with Crippen LogP contribution in [0.1, 0.15) is 18.4 Å². The van der Waals surface area contributed by atoms with Crippen LogP contribution < -0.4 is 5.32 Å². The van der Waals surface area contributed by atoms with E-state index in [4.69, 9.17) is 0 Å². The highest BCUT2D eigenvalue weighted by molar-refractivity contribution is 9.10. The zero-order chi connectivity index (χ0) is 13.3. The van der Waals surface area contributed by atoms with Crippen molar-refractivity contribution in [2.45, 2.75) is 18.3 Å². The first-order valence-electron chi connectivity index (χ1n) is 6.18. The molecule has 1 aliphatic carbocycles. The molecule has 3 nitrogen and oxygen atoms in total. The van der Waals surface area contributed by atoms with E-state index in [0.717, 1.165) is 28.6 Å². The van der Waals surface area contributed by atoms with Crippen LogP contribution in [-0.4, -0.2) is 10.9 Å². The number of pyridine rings is 1. The summed E-state index contributed by atoms with van der Waals surface area (Å²) in [7, 11) is 0. The van der Waals surface area contributed by atoms with Gasteiger partial charge in [0.2, 0.25) is 5.91 Å². The standard InChI is InChI=1S/C15H13BrN2O/c16-12-5-3-11(4-6-12)15(7-8-15)14(19)18-13-2-1-9-17-10-13/h1-6,9-10H,7-8H2,(H,18,19). The highest BCUT2D eigenvalue weighted by Crippen LogP contribution is 2.49. The Morgan fingerprint density at radius 1 is 1.21 bits per heavy atom. The second-order valence-electron chi connectivity index (χ2n) is 4.78. The third-order valence-electron chi connectivity index (χ3n) is 3.50. The first kappa shape index (κ1) is 12.4. The van der Waals surface area contributed by atoms with Gasteiger partial charge < -0.3 is 5.32 Å². The molecule has 4 heteroatoms. The summed E-state index contributed by atoms with van der Waals surface area (Å²) in [5, 5.41) is 2.94. The van der Waals surface area contributed by atoms with E-state index < -0.39 is 0 Å². The second kappa shape index (κ2) is 4.78. The molecular weight excluding hydrogens is 304 g/mol. The maximum atomic E-state index is 12.4. The van der Waals surface area contributed by atoms with Crippen molar-refractivity contribution < 1.29 is 4.79 Å². The lowest BCUT2D eigenvalue weighted by molar-refractivity contribution is -0.118. The molecule has 1 aromatic carbocycles. The number of aromatic nitrogens is 1. The number of hydrogen-bond acceptors (Lipinski definition) is 2. The molecule has 0 atom stereocenters. The number of carbonyl (C=O) groups excluding carboxylic acids is 1. The lowest BCUT2D eigenvalue weighted by Gasteiger charge is -2.15. The van der Waals surface area contributed by atoms with Crippen molar-refractivity contribution in [3.05, 3.63) is 58.8 Å². The van der Waals surface area contributed by atoms with E-state index in [0.29, 0.717) is 0 Å². The molecule has 2 aromatic rings. The number of anilines is 1. The molecule has 1 fully saturated rings. The molecule has 0 saturated heterocycles. The average Bonchev–Trinajstić information content (AvgIpc) is 3.22. The topological polar surface area (TPSA) is 42.0 Å². The Bertz CT molecular complexity index is 591. The predicted molar refractivity (Wildman–Crippen MR) is 77.9 cm³/mol. The van der Waals surface area contributed by atoms with Crippen LogP contribution in [-0.2, 0) is 10.2 Å². The van der Waals surface area contributed by atoms with Crippen LogP contribution in [0.15, 0.2) is 53.3 Å². The summed E-state index contributed by atoms with van der Waals surface area (Å²) in [6.07, 6.45) is 5.16. The van der Waals surface area contributed by atoms with Crippen molar-refractivity contribution in [3.63, 3.8) is 0 Å². The van der Waals surface area contributed by atoms with E-state index >= 15 is 0 Å². The Morgan fingerprint density at radius 3 is 2.53 bits per heavy atom. The summed E-state index contributed by atoms with van der Waals surface area (Å²) in [5.74, 6) is 0.0582. The van der Waals surface area contributed by atoms with Crippen molar-refractivity contribution in [2.75, 3.05) is 5.32 Å². The van der Waals surface area contributed by atoms with Crippen LogP contribution in [0.25, 0.3) is 0 Å². The van der Waals surface area contributed by atoms with Crippen LogP contribution in [0.3, 0.4) is 0 Å². The summed E-state index contributed by atoms with van der Waals surface area (Å²) in [6, 6.07) is 11.6. The number of benzene rings is 1. The fourth-order valence-electron chi connectivity index (χ4n) is 2.23. The van der Waals surface area contributed by atoms with Gasteiger partial charge in [-0.05, 0) is 42.7 Å². The van der Waals surface area contributed by atoms with Crippen molar-refractivity contribution in [1.82, 2.24) is 4.98 Å². The van der Waals surface area contributed by atoms with E-state index in [1.54, 1.807) is 12.4 Å². The molecule has 1 saturated carbocycles. The van der Waals surface area contributed by atoms with Gasteiger partial charge >= 0.3 is 0 Å². The minimum Gasteiger partial charge on any atom is -0.324 e. The molecule has 0 radical (unpaired) electrons. The Morgan fingerprint density at radius 2 is 1.95 bits per heavy atom. The Balaban J connectivity index is 1.81. The van der Waals surface area contributed by atoms with Gasteiger partial charge in [-0.15, -0.1) is 0 Å². The molecule has 0 aliphatic heterocycles. The van der Waals surface area contributed by atoms with Crippen molar-refractivity contribution in [2.24, 2.45) is 0 Å². The lowest BCUT2D eigenvalue weighted by Crippen LogP contribution is -2.27. The number of nitrogens with one attached hydrogen (secondary N) is 1. The van der Waals surface area contributed by atoms with Gasteiger partial charge in [0.15, 0.2) is 0 Å². The normalized spacial score (nSPS) is 15.8. The molecule has 0 unspecified atom stereocenters. The third kappa shape index (κ3) is 2.40. The number of nitrogens with zero attached hydrogens (tertiary/aromatic N) is 1. The van der Waals surface area contributed by atoms with Crippen LogP contribution in [0.5, 0.6) is 0 Å². The number of carbonyl (C=O) groups is 1. The van der Waals surface area contributed by atoms with Gasteiger partial charge in [-0.3, -0.25) is 9.78 Å². The highest BCUT2D eigenvalue weighted by Gasteiger charge is 2.51. The molecule has 1 amide bonds.